The molecule has 4 atom stereocenters. The normalized spacial score (nSPS) is 12.9. The fourth-order valence-corrected chi connectivity index (χ4v) is 4.60. The highest BCUT2D eigenvalue weighted by Gasteiger charge is 2.10. The number of ether oxygens (including phenoxy) is 4. The lowest BCUT2D eigenvalue weighted by Gasteiger charge is -2.15. The molecule has 0 aliphatic carbocycles. The third kappa shape index (κ3) is 13.8. The molecule has 48 heavy (non-hydrogen) atoms. The molecule has 0 radical (unpaired) electrons. The van der Waals surface area contributed by atoms with Crippen LogP contribution in [-0.2, 0) is 4.74 Å². The fourth-order valence-electron chi connectivity index (χ4n) is 4.60. The van der Waals surface area contributed by atoms with E-state index in [4.69, 9.17) is 24.1 Å². The van der Waals surface area contributed by atoms with Crippen LogP contribution in [0, 0.1) is 0 Å². The molecule has 4 unspecified atom stereocenters. The van der Waals surface area contributed by atoms with Crippen LogP contribution >= 0.6 is 0 Å². The zero-order valence-electron chi connectivity index (χ0n) is 30.4. The molecule has 1 N–H and O–H groups in total. The molecule has 6 nitrogen and oxygen atoms in total. The smallest absolute Gasteiger partial charge is 0.343 e. The highest BCUT2D eigenvalue weighted by Crippen LogP contribution is 2.24. The number of hydrogen-bond donors (Lipinski definition) is 1. The zero-order chi connectivity index (χ0) is 35.5. The highest BCUT2D eigenvalue weighted by molar-refractivity contribution is 5.91. The maximum atomic E-state index is 12.0. The molecule has 0 spiro atoms. The Hall–Kier alpha value is -4.29. The van der Waals surface area contributed by atoms with Gasteiger partial charge in [0.15, 0.2) is 6.29 Å². The average Bonchev–Trinajstić information content (AvgIpc) is 3.12. The predicted molar refractivity (Wildman–Crippen MR) is 197 cm³/mol. The Morgan fingerprint density at radius 2 is 0.979 bits per heavy atom. The van der Waals surface area contributed by atoms with E-state index in [1.807, 2.05) is 62.4 Å². The van der Waals surface area contributed by atoms with Crippen LogP contribution in [0.25, 0.3) is 0 Å². The molecule has 0 fully saturated rings. The van der Waals surface area contributed by atoms with Gasteiger partial charge in [-0.3, -0.25) is 0 Å². The van der Waals surface area contributed by atoms with E-state index in [0.717, 1.165) is 25.0 Å². The lowest BCUT2D eigenvalue weighted by Crippen LogP contribution is -2.15. The number of rotatable bonds is 13. The standard InChI is InChI=1S/C18H20O3.C14H22O2.C10H14O/c1-4-13(2)14-5-11-17(12-6-14)21-18(19)15-7-9-16(20-3)10-8-15;1-5-11(3)13-7-9-14(10-8-13)16-12(4)15-6-2;1-3-8(2)9-4-6-10(11)7-5-9/h5-13H,4H2,1-3H3;7-12H,5-6H2,1-4H3;4-8,11H,3H2,1-2H3. The van der Waals surface area contributed by atoms with Gasteiger partial charge in [-0.1, -0.05) is 77.9 Å². The van der Waals surface area contributed by atoms with Crippen molar-refractivity contribution < 1.29 is 28.8 Å². The summed E-state index contributed by atoms with van der Waals surface area (Å²) in [7, 11) is 1.59. The molecule has 0 aliphatic heterocycles. The van der Waals surface area contributed by atoms with Crippen LogP contribution < -0.4 is 14.2 Å². The van der Waals surface area contributed by atoms with Crippen molar-refractivity contribution in [3.63, 3.8) is 0 Å². The predicted octanol–water partition coefficient (Wildman–Crippen LogP) is 11.3. The summed E-state index contributed by atoms with van der Waals surface area (Å²) in [5.74, 6) is 3.83. The Morgan fingerprint density at radius 3 is 1.38 bits per heavy atom. The average molecular weight is 657 g/mol. The summed E-state index contributed by atoms with van der Waals surface area (Å²) in [6.07, 6.45) is 3.21. The minimum atomic E-state index is -0.367. The maximum absolute atomic E-state index is 12.0. The summed E-state index contributed by atoms with van der Waals surface area (Å²) in [4.78, 5) is 12.0. The van der Waals surface area contributed by atoms with Gasteiger partial charge >= 0.3 is 5.97 Å². The summed E-state index contributed by atoms with van der Waals surface area (Å²) < 4.78 is 21.3. The van der Waals surface area contributed by atoms with Crippen molar-refractivity contribution >= 4 is 5.97 Å². The van der Waals surface area contributed by atoms with E-state index in [-0.39, 0.29) is 12.3 Å². The van der Waals surface area contributed by atoms with E-state index in [1.165, 1.54) is 16.7 Å². The topological polar surface area (TPSA) is 74.2 Å². The third-order valence-corrected chi connectivity index (χ3v) is 8.44. The lowest BCUT2D eigenvalue weighted by molar-refractivity contribution is -0.0613. The largest absolute Gasteiger partial charge is 0.508 e. The number of phenols is 1. The summed E-state index contributed by atoms with van der Waals surface area (Å²) in [5.41, 5.74) is 4.41. The Bertz CT molecular complexity index is 1430. The first-order chi connectivity index (χ1) is 23.0. The first kappa shape index (κ1) is 39.9. The summed E-state index contributed by atoms with van der Waals surface area (Å²) in [6, 6.07) is 30.2. The van der Waals surface area contributed by atoms with Crippen molar-refractivity contribution in [2.75, 3.05) is 13.7 Å². The van der Waals surface area contributed by atoms with E-state index < -0.39 is 0 Å². The second-order valence-corrected chi connectivity index (χ2v) is 11.9. The number of aromatic hydroxyl groups is 1. The van der Waals surface area contributed by atoms with Crippen molar-refractivity contribution in [1.82, 2.24) is 0 Å². The van der Waals surface area contributed by atoms with Gasteiger partial charge < -0.3 is 24.1 Å². The summed E-state index contributed by atoms with van der Waals surface area (Å²) in [5, 5.41) is 9.01. The molecule has 0 amide bonds. The first-order valence-corrected chi connectivity index (χ1v) is 17.2. The zero-order valence-corrected chi connectivity index (χ0v) is 30.4. The Morgan fingerprint density at radius 1 is 0.583 bits per heavy atom. The quantitative estimate of drug-likeness (QED) is 0.0877. The molecule has 4 rings (SSSR count). The number of carbonyl (C=O) groups excluding carboxylic acids is 1. The number of hydrogen-bond acceptors (Lipinski definition) is 6. The van der Waals surface area contributed by atoms with Gasteiger partial charge in [0, 0.05) is 6.61 Å². The van der Waals surface area contributed by atoms with Crippen LogP contribution in [0.2, 0.25) is 0 Å². The maximum Gasteiger partial charge on any atom is 0.343 e. The van der Waals surface area contributed by atoms with E-state index in [9.17, 15) is 4.79 Å². The Labute approximate surface area is 289 Å². The van der Waals surface area contributed by atoms with Crippen LogP contribution in [0.1, 0.15) is 119 Å². The van der Waals surface area contributed by atoms with E-state index in [0.29, 0.717) is 47.2 Å². The van der Waals surface area contributed by atoms with E-state index >= 15 is 0 Å². The summed E-state index contributed by atoms with van der Waals surface area (Å²) in [6.45, 7) is 17.7. The number of esters is 1. The van der Waals surface area contributed by atoms with Crippen LogP contribution in [0.5, 0.6) is 23.0 Å². The molecule has 0 saturated heterocycles. The van der Waals surface area contributed by atoms with E-state index in [1.54, 1.807) is 43.5 Å². The number of carbonyl (C=O) groups is 1. The molecule has 4 aromatic carbocycles. The SMILES string of the molecule is CCC(C)c1ccc(O)cc1.CCC(C)c1ccc(OC(=O)c2ccc(OC)cc2)cc1.CCOC(C)Oc1ccc(C(C)CC)cc1. The molecule has 4 aromatic rings. The molecule has 0 heterocycles. The Kier molecular flexibility index (Phi) is 17.9. The van der Waals surface area contributed by atoms with Crippen molar-refractivity contribution in [1.29, 1.82) is 0 Å². The van der Waals surface area contributed by atoms with E-state index in [2.05, 4.69) is 53.7 Å². The van der Waals surface area contributed by atoms with Crippen molar-refractivity contribution in [2.45, 2.75) is 98.7 Å². The molecular formula is C42H56O6. The van der Waals surface area contributed by atoms with Crippen LogP contribution in [0.3, 0.4) is 0 Å². The van der Waals surface area contributed by atoms with Gasteiger partial charge in [0.05, 0.1) is 12.7 Å². The first-order valence-electron chi connectivity index (χ1n) is 17.2. The molecule has 6 heteroatoms. The molecule has 0 saturated carbocycles. The Balaban J connectivity index is 0.000000263. The van der Waals surface area contributed by atoms with Crippen molar-refractivity contribution in [2.24, 2.45) is 0 Å². The molecule has 260 valence electrons. The van der Waals surface area contributed by atoms with Gasteiger partial charge in [-0.05, 0) is 128 Å². The van der Waals surface area contributed by atoms with Gasteiger partial charge in [-0.15, -0.1) is 0 Å². The van der Waals surface area contributed by atoms with Crippen LogP contribution in [-0.4, -0.2) is 31.1 Å². The fraction of sp³-hybridized carbons (Fsp3) is 0.405. The minimum Gasteiger partial charge on any atom is -0.508 e. The van der Waals surface area contributed by atoms with Gasteiger partial charge in [0.1, 0.15) is 23.0 Å². The lowest BCUT2D eigenvalue weighted by atomic mass is 9.99. The minimum absolute atomic E-state index is 0.181. The molecule has 0 aliphatic rings. The van der Waals surface area contributed by atoms with Gasteiger partial charge in [-0.25, -0.2) is 4.79 Å². The monoisotopic (exact) mass is 656 g/mol. The van der Waals surface area contributed by atoms with Crippen LogP contribution in [0.4, 0.5) is 0 Å². The second-order valence-electron chi connectivity index (χ2n) is 11.9. The molecular weight excluding hydrogens is 600 g/mol. The van der Waals surface area contributed by atoms with Gasteiger partial charge in [0.25, 0.3) is 0 Å². The van der Waals surface area contributed by atoms with Crippen molar-refractivity contribution in [3.8, 4) is 23.0 Å². The number of phenolic OH excluding ortho intramolecular Hbond substituents is 1. The van der Waals surface area contributed by atoms with Gasteiger partial charge in [0.2, 0.25) is 0 Å². The van der Waals surface area contributed by atoms with Crippen molar-refractivity contribution in [3.05, 3.63) is 119 Å². The number of benzene rings is 4. The number of methoxy groups -OCH3 is 1. The third-order valence-electron chi connectivity index (χ3n) is 8.44. The van der Waals surface area contributed by atoms with Crippen LogP contribution in [0.15, 0.2) is 97.1 Å². The molecule has 0 bridgehead atoms. The highest BCUT2D eigenvalue weighted by atomic mass is 16.7. The summed E-state index contributed by atoms with van der Waals surface area (Å²) >= 11 is 0. The van der Waals surface area contributed by atoms with Gasteiger partial charge in [-0.2, -0.15) is 0 Å². The molecule has 0 aromatic heterocycles. The second kappa shape index (κ2) is 21.6.